The Morgan fingerprint density at radius 2 is 1.36 bits per heavy atom. The van der Waals surface area contributed by atoms with E-state index in [9.17, 15) is 9.59 Å². The van der Waals surface area contributed by atoms with Crippen LogP contribution in [0.25, 0.3) is 5.69 Å². The largest absolute Gasteiger partial charge is 0.496 e. The summed E-state index contributed by atoms with van der Waals surface area (Å²) in [5.74, 6) is 0.693. The fourth-order valence-corrected chi connectivity index (χ4v) is 5.88. The predicted molar refractivity (Wildman–Crippen MR) is 185 cm³/mol. The van der Waals surface area contributed by atoms with Gasteiger partial charge in [-0.3, -0.25) is 9.59 Å². The van der Waals surface area contributed by atoms with Crippen LogP contribution in [0.2, 0.25) is 0 Å². The Bertz CT molecular complexity index is 1840. The zero-order chi connectivity index (χ0) is 33.0. The third-order valence-electron chi connectivity index (χ3n) is 8.56. The van der Waals surface area contributed by atoms with Crippen molar-refractivity contribution in [2.24, 2.45) is 0 Å². The number of carbonyl (C=O) groups is 1. The average molecular weight is 629 g/mol. The number of piperazine rings is 1. The second kappa shape index (κ2) is 13.5. The average Bonchev–Trinajstić information content (AvgIpc) is 3.11. The van der Waals surface area contributed by atoms with E-state index in [1.54, 1.807) is 13.3 Å². The summed E-state index contributed by atoms with van der Waals surface area (Å²) in [5.41, 5.74) is 4.25. The molecule has 1 amide bonds. The maximum absolute atomic E-state index is 14.2. The van der Waals surface area contributed by atoms with Crippen molar-refractivity contribution in [1.82, 2.24) is 14.7 Å². The number of aromatic nitrogens is 2. The standard InChI is InChI=1S/C39H40N4O4/c1-39(2,3)30-20-21-34(46-4)32(26-30)37(44)42-24-22-41(23-25-42)33-27-40-43(31-18-12-7-13-19-31)38(45)36(33)47-35(28-14-8-5-9-15-28)29-16-10-6-11-17-29/h5-21,26-27,35H,22-25H2,1-4H3. The topological polar surface area (TPSA) is 76.9 Å². The van der Waals surface area contributed by atoms with Crippen molar-refractivity contribution >= 4 is 11.6 Å². The van der Waals surface area contributed by atoms with Crippen molar-refractivity contribution in [3.63, 3.8) is 0 Å². The molecule has 0 saturated carbocycles. The van der Waals surface area contributed by atoms with Crippen molar-refractivity contribution in [1.29, 1.82) is 0 Å². The number of hydrogen-bond acceptors (Lipinski definition) is 6. The Labute approximate surface area is 275 Å². The van der Waals surface area contributed by atoms with Gasteiger partial charge in [0.2, 0.25) is 5.75 Å². The normalized spacial score (nSPS) is 13.5. The van der Waals surface area contributed by atoms with Crippen LogP contribution in [0.15, 0.2) is 120 Å². The van der Waals surface area contributed by atoms with Crippen LogP contribution in [0.4, 0.5) is 5.69 Å². The predicted octanol–water partition coefficient (Wildman–Crippen LogP) is 6.67. The third-order valence-corrected chi connectivity index (χ3v) is 8.56. The van der Waals surface area contributed by atoms with Crippen molar-refractivity contribution in [3.05, 3.63) is 148 Å². The van der Waals surface area contributed by atoms with Gasteiger partial charge in [-0.25, -0.2) is 0 Å². The Morgan fingerprint density at radius 1 is 0.787 bits per heavy atom. The van der Waals surface area contributed by atoms with Gasteiger partial charge >= 0.3 is 5.56 Å². The summed E-state index contributed by atoms with van der Waals surface area (Å²) in [6, 6.07) is 34.9. The first kappa shape index (κ1) is 31.6. The summed E-state index contributed by atoms with van der Waals surface area (Å²) in [6.45, 7) is 8.31. The molecule has 1 aliphatic rings. The molecule has 0 bridgehead atoms. The van der Waals surface area contributed by atoms with Gasteiger partial charge in [-0.15, -0.1) is 0 Å². The number of carbonyl (C=O) groups excluding carboxylic acids is 1. The van der Waals surface area contributed by atoms with Crippen LogP contribution >= 0.6 is 0 Å². The Kier molecular flexibility index (Phi) is 9.11. The SMILES string of the molecule is COc1ccc(C(C)(C)C)cc1C(=O)N1CCN(c2cnn(-c3ccccc3)c(=O)c2OC(c2ccccc2)c2ccccc2)CC1. The van der Waals surface area contributed by atoms with Gasteiger partial charge in [0.25, 0.3) is 5.91 Å². The molecule has 0 unspecified atom stereocenters. The minimum Gasteiger partial charge on any atom is -0.496 e. The Morgan fingerprint density at radius 3 is 1.91 bits per heavy atom. The highest BCUT2D eigenvalue weighted by Gasteiger charge is 2.30. The molecule has 8 heteroatoms. The van der Waals surface area contributed by atoms with Crippen molar-refractivity contribution in [2.45, 2.75) is 32.3 Å². The monoisotopic (exact) mass is 628 g/mol. The van der Waals surface area contributed by atoms with Crippen LogP contribution in [0, 0.1) is 0 Å². The lowest BCUT2D eigenvalue weighted by atomic mass is 9.86. The molecule has 2 heterocycles. The van der Waals surface area contributed by atoms with E-state index in [0.717, 1.165) is 16.7 Å². The van der Waals surface area contributed by atoms with E-state index in [4.69, 9.17) is 9.47 Å². The Hall–Kier alpha value is -5.37. The van der Waals surface area contributed by atoms with E-state index in [2.05, 4.69) is 30.8 Å². The van der Waals surface area contributed by atoms with Crippen molar-refractivity contribution in [2.75, 3.05) is 38.2 Å². The summed E-state index contributed by atoms with van der Waals surface area (Å²) < 4.78 is 13.7. The number of anilines is 1. The number of hydrogen-bond donors (Lipinski definition) is 0. The molecule has 1 aromatic heterocycles. The smallest absolute Gasteiger partial charge is 0.316 e. The van der Waals surface area contributed by atoms with Crippen LogP contribution in [0.3, 0.4) is 0 Å². The highest BCUT2D eigenvalue weighted by molar-refractivity contribution is 5.97. The fourth-order valence-electron chi connectivity index (χ4n) is 5.88. The van der Waals surface area contributed by atoms with Gasteiger partial charge in [-0.1, -0.05) is 106 Å². The highest BCUT2D eigenvalue weighted by atomic mass is 16.5. The summed E-state index contributed by atoms with van der Waals surface area (Å²) in [6.07, 6.45) is 1.17. The highest BCUT2D eigenvalue weighted by Crippen LogP contribution is 2.34. The number of para-hydroxylation sites is 1. The third kappa shape index (κ3) is 6.77. The second-order valence-electron chi connectivity index (χ2n) is 12.7. The van der Waals surface area contributed by atoms with Crippen molar-refractivity contribution < 1.29 is 14.3 Å². The van der Waals surface area contributed by atoms with Crippen LogP contribution in [0.5, 0.6) is 11.5 Å². The quantitative estimate of drug-likeness (QED) is 0.191. The molecule has 0 spiro atoms. The maximum Gasteiger partial charge on any atom is 0.316 e. The van der Waals surface area contributed by atoms with Crippen LogP contribution in [0.1, 0.15) is 53.9 Å². The van der Waals surface area contributed by atoms with Crippen LogP contribution < -0.4 is 19.9 Å². The van der Waals surface area contributed by atoms with Crippen LogP contribution in [-0.2, 0) is 5.41 Å². The van der Waals surface area contributed by atoms with Crippen LogP contribution in [-0.4, -0.2) is 53.9 Å². The molecule has 47 heavy (non-hydrogen) atoms. The molecule has 1 fully saturated rings. The molecule has 240 valence electrons. The minimum atomic E-state index is -0.527. The number of ether oxygens (including phenoxy) is 2. The first-order chi connectivity index (χ1) is 22.7. The fraction of sp³-hybridized carbons (Fsp3) is 0.256. The molecule has 0 N–H and O–H groups in total. The van der Waals surface area contributed by atoms with Gasteiger partial charge in [0.05, 0.1) is 24.6 Å². The van der Waals surface area contributed by atoms with E-state index in [-0.39, 0.29) is 22.6 Å². The second-order valence-corrected chi connectivity index (χ2v) is 12.7. The summed E-state index contributed by atoms with van der Waals surface area (Å²) in [4.78, 5) is 32.0. The number of methoxy groups -OCH3 is 1. The summed E-state index contributed by atoms with van der Waals surface area (Å²) in [5, 5.41) is 4.58. The van der Waals surface area contributed by atoms with E-state index >= 15 is 0 Å². The summed E-state index contributed by atoms with van der Waals surface area (Å²) in [7, 11) is 1.59. The first-order valence-electron chi connectivity index (χ1n) is 15.9. The van der Waals surface area contributed by atoms with Gasteiger partial charge in [0.15, 0.2) is 0 Å². The lowest BCUT2D eigenvalue weighted by Crippen LogP contribution is -2.49. The molecule has 1 saturated heterocycles. The lowest BCUT2D eigenvalue weighted by Gasteiger charge is -2.37. The van der Waals surface area contributed by atoms with E-state index in [1.165, 1.54) is 4.68 Å². The molecule has 5 aromatic rings. The minimum absolute atomic E-state index is 0.0742. The molecule has 0 atom stereocenters. The molecule has 0 aliphatic carbocycles. The number of benzene rings is 4. The first-order valence-corrected chi connectivity index (χ1v) is 15.9. The summed E-state index contributed by atoms with van der Waals surface area (Å²) >= 11 is 0. The lowest BCUT2D eigenvalue weighted by molar-refractivity contribution is 0.0743. The van der Waals surface area contributed by atoms with Gasteiger partial charge in [0.1, 0.15) is 17.5 Å². The van der Waals surface area contributed by atoms with E-state index in [1.807, 2.05) is 114 Å². The number of rotatable bonds is 8. The molecule has 8 nitrogen and oxygen atoms in total. The van der Waals surface area contributed by atoms with E-state index in [0.29, 0.717) is 48.9 Å². The van der Waals surface area contributed by atoms with Gasteiger partial charge in [0, 0.05) is 26.2 Å². The molecular weight excluding hydrogens is 588 g/mol. The molecule has 6 rings (SSSR count). The Balaban J connectivity index is 1.33. The van der Waals surface area contributed by atoms with Gasteiger partial charge < -0.3 is 19.3 Å². The zero-order valence-corrected chi connectivity index (χ0v) is 27.3. The zero-order valence-electron chi connectivity index (χ0n) is 27.3. The van der Waals surface area contributed by atoms with Gasteiger partial charge in [-0.05, 0) is 46.4 Å². The number of nitrogens with zero attached hydrogens (tertiary/aromatic N) is 4. The molecule has 1 aliphatic heterocycles. The van der Waals surface area contributed by atoms with Crippen molar-refractivity contribution in [3.8, 4) is 17.2 Å². The van der Waals surface area contributed by atoms with Gasteiger partial charge in [-0.2, -0.15) is 9.78 Å². The van der Waals surface area contributed by atoms with E-state index < -0.39 is 6.10 Å². The molecule has 4 aromatic carbocycles. The molecule has 0 radical (unpaired) electrons. The maximum atomic E-state index is 14.2. The number of amides is 1. The molecular formula is C39H40N4O4.